The largest absolute Gasteiger partial charge is 0.462 e. The van der Waals surface area contributed by atoms with Gasteiger partial charge in [0.15, 0.2) is 0 Å². The van der Waals surface area contributed by atoms with Crippen LogP contribution in [0.25, 0.3) is 11.1 Å². The summed E-state index contributed by atoms with van der Waals surface area (Å²) in [5, 5.41) is 0. The maximum absolute atomic E-state index is 12.1. The van der Waals surface area contributed by atoms with Gasteiger partial charge in [-0.3, -0.25) is 0 Å². The van der Waals surface area contributed by atoms with Crippen molar-refractivity contribution < 1.29 is 9.53 Å². The second kappa shape index (κ2) is 5.57. The van der Waals surface area contributed by atoms with Crippen LogP contribution < -0.4 is 5.73 Å². The molecule has 3 nitrogen and oxygen atoms in total. The van der Waals surface area contributed by atoms with Gasteiger partial charge < -0.3 is 10.5 Å². The number of rotatable bonds is 3. The molecule has 0 saturated carbocycles. The van der Waals surface area contributed by atoms with Crippen molar-refractivity contribution in [2.45, 2.75) is 13.8 Å². The molecule has 0 aliphatic carbocycles. The van der Waals surface area contributed by atoms with Crippen molar-refractivity contribution in [3.63, 3.8) is 0 Å². The van der Waals surface area contributed by atoms with E-state index in [1.54, 1.807) is 6.92 Å². The quantitative estimate of drug-likeness (QED) is 0.675. The maximum atomic E-state index is 12.1. The summed E-state index contributed by atoms with van der Waals surface area (Å²) in [6.45, 7) is 4.08. The first kappa shape index (κ1) is 13.1. The van der Waals surface area contributed by atoms with Crippen LogP contribution in [-0.4, -0.2) is 12.6 Å². The minimum Gasteiger partial charge on any atom is -0.462 e. The van der Waals surface area contributed by atoms with Gasteiger partial charge in [-0.15, -0.1) is 0 Å². The summed E-state index contributed by atoms with van der Waals surface area (Å²) < 4.78 is 5.13. The van der Waals surface area contributed by atoms with E-state index in [2.05, 4.69) is 0 Å². The van der Waals surface area contributed by atoms with Crippen molar-refractivity contribution in [2.24, 2.45) is 0 Å². The van der Waals surface area contributed by atoms with E-state index in [9.17, 15) is 4.79 Å². The van der Waals surface area contributed by atoms with Crippen molar-refractivity contribution in [2.75, 3.05) is 12.3 Å². The first-order chi connectivity index (χ1) is 9.13. The van der Waals surface area contributed by atoms with Gasteiger partial charge in [0.2, 0.25) is 0 Å². The molecule has 0 radical (unpaired) electrons. The van der Waals surface area contributed by atoms with E-state index >= 15 is 0 Å². The summed E-state index contributed by atoms with van der Waals surface area (Å²) in [6.07, 6.45) is 0. The number of anilines is 1. The molecule has 0 saturated heterocycles. The van der Waals surface area contributed by atoms with Gasteiger partial charge in [-0.1, -0.05) is 30.3 Å². The molecule has 0 heterocycles. The number of nitrogens with two attached hydrogens (primary N) is 1. The smallest absolute Gasteiger partial charge is 0.339 e. The molecule has 0 aromatic heterocycles. The average molecular weight is 255 g/mol. The first-order valence-corrected chi connectivity index (χ1v) is 6.26. The Morgan fingerprint density at radius 2 is 1.84 bits per heavy atom. The van der Waals surface area contributed by atoms with Gasteiger partial charge in [0, 0.05) is 5.69 Å². The van der Waals surface area contributed by atoms with Crippen LogP contribution in [0.15, 0.2) is 42.5 Å². The number of aryl methyl sites for hydroxylation is 1. The van der Waals surface area contributed by atoms with Gasteiger partial charge in [-0.25, -0.2) is 4.79 Å². The highest BCUT2D eigenvalue weighted by atomic mass is 16.5. The van der Waals surface area contributed by atoms with Crippen LogP contribution in [0.2, 0.25) is 0 Å². The molecule has 2 rings (SSSR count). The number of esters is 1. The molecule has 0 bridgehead atoms. The van der Waals surface area contributed by atoms with Gasteiger partial charge in [-0.05, 0) is 42.7 Å². The SMILES string of the molecule is CCOC(=O)c1c(C)cccc1-c1ccc(N)cc1. The van der Waals surface area contributed by atoms with Gasteiger partial charge in [0.1, 0.15) is 0 Å². The third kappa shape index (κ3) is 2.76. The van der Waals surface area contributed by atoms with E-state index in [-0.39, 0.29) is 5.97 Å². The number of carbonyl (C=O) groups excluding carboxylic acids is 1. The first-order valence-electron chi connectivity index (χ1n) is 6.26. The minimum atomic E-state index is -0.285. The lowest BCUT2D eigenvalue weighted by atomic mass is 9.96. The second-order valence-corrected chi connectivity index (χ2v) is 4.34. The van der Waals surface area contributed by atoms with Crippen LogP contribution in [-0.2, 0) is 4.74 Å². The molecule has 3 heteroatoms. The Kier molecular flexibility index (Phi) is 3.85. The lowest BCUT2D eigenvalue weighted by Gasteiger charge is -2.12. The van der Waals surface area contributed by atoms with E-state index in [1.807, 2.05) is 49.4 Å². The molecular formula is C16H17NO2. The Morgan fingerprint density at radius 1 is 1.16 bits per heavy atom. The van der Waals surface area contributed by atoms with E-state index in [1.165, 1.54) is 0 Å². The third-order valence-corrected chi connectivity index (χ3v) is 2.97. The van der Waals surface area contributed by atoms with Crippen molar-refractivity contribution in [1.29, 1.82) is 0 Å². The van der Waals surface area contributed by atoms with Gasteiger partial charge in [0.25, 0.3) is 0 Å². The predicted molar refractivity (Wildman–Crippen MR) is 77.0 cm³/mol. The lowest BCUT2D eigenvalue weighted by Crippen LogP contribution is -2.08. The highest BCUT2D eigenvalue weighted by Gasteiger charge is 2.16. The Hall–Kier alpha value is -2.29. The second-order valence-electron chi connectivity index (χ2n) is 4.34. The van der Waals surface area contributed by atoms with Crippen LogP contribution >= 0.6 is 0 Å². The molecule has 0 amide bonds. The average Bonchev–Trinajstić information content (AvgIpc) is 2.39. The van der Waals surface area contributed by atoms with E-state index in [4.69, 9.17) is 10.5 Å². The fourth-order valence-electron chi connectivity index (χ4n) is 2.05. The van der Waals surface area contributed by atoms with E-state index in [0.29, 0.717) is 17.9 Å². The lowest BCUT2D eigenvalue weighted by molar-refractivity contribution is 0.0526. The maximum Gasteiger partial charge on any atom is 0.339 e. The molecule has 2 aromatic rings. The Balaban J connectivity index is 2.54. The van der Waals surface area contributed by atoms with Gasteiger partial charge in [-0.2, -0.15) is 0 Å². The number of hydrogen-bond acceptors (Lipinski definition) is 3. The number of benzene rings is 2. The molecule has 0 atom stereocenters. The number of carbonyl (C=O) groups is 1. The molecule has 2 N–H and O–H groups in total. The Bertz CT molecular complexity index is 588. The van der Waals surface area contributed by atoms with Crippen molar-refractivity contribution in [3.05, 3.63) is 53.6 Å². The molecule has 0 aliphatic heterocycles. The number of ether oxygens (including phenoxy) is 1. The Labute approximate surface area is 113 Å². The molecule has 0 spiro atoms. The van der Waals surface area contributed by atoms with Crippen LogP contribution in [0.1, 0.15) is 22.8 Å². The molecule has 19 heavy (non-hydrogen) atoms. The van der Waals surface area contributed by atoms with Crippen molar-refractivity contribution >= 4 is 11.7 Å². The van der Waals surface area contributed by atoms with E-state index in [0.717, 1.165) is 16.7 Å². The summed E-state index contributed by atoms with van der Waals surface area (Å²) in [5.74, 6) is -0.285. The topological polar surface area (TPSA) is 52.3 Å². The summed E-state index contributed by atoms with van der Waals surface area (Å²) in [5.41, 5.74) is 9.75. The highest BCUT2D eigenvalue weighted by Crippen LogP contribution is 2.27. The van der Waals surface area contributed by atoms with Gasteiger partial charge in [0.05, 0.1) is 12.2 Å². The fourth-order valence-corrected chi connectivity index (χ4v) is 2.05. The zero-order valence-corrected chi connectivity index (χ0v) is 11.1. The summed E-state index contributed by atoms with van der Waals surface area (Å²) in [4.78, 5) is 12.1. The zero-order valence-electron chi connectivity index (χ0n) is 11.1. The fraction of sp³-hybridized carbons (Fsp3) is 0.188. The number of nitrogen functional groups attached to an aromatic ring is 1. The van der Waals surface area contributed by atoms with Gasteiger partial charge >= 0.3 is 5.97 Å². The summed E-state index contributed by atoms with van der Waals surface area (Å²) in [7, 11) is 0. The summed E-state index contributed by atoms with van der Waals surface area (Å²) >= 11 is 0. The van der Waals surface area contributed by atoms with Crippen LogP contribution in [0.5, 0.6) is 0 Å². The Morgan fingerprint density at radius 3 is 2.47 bits per heavy atom. The van der Waals surface area contributed by atoms with Crippen LogP contribution in [0.3, 0.4) is 0 Å². The third-order valence-electron chi connectivity index (χ3n) is 2.97. The molecular weight excluding hydrogens is 238 g/mol. The molecule has 2 aromatic carbocycles. The van der Waals surface area contributed by atoms with Crippen LogP contribution in [0, 0.1) is 6.92 Å². The zero-order chi connectivity index (χ0) is 13.8. The highest BCUT2D eigenvalue weighted by molar-refractivity contribution is 5.98. The normalized spacial score (nSPS) is 10.2. The number of hydrogen-bond donors (Lipinski definition) is 1. The summed E-state index contributed by atoms with van der Waals surface area (Å²) in [6, 6.07) is 13.2. The molecule has 0 aliphatic rings. The monoisotopic (exact) mass is 255 g/mol. The molecule has 98 valence electrons. The predicted octanol–water partition coefficient (Wildman–Crippen LogP) is 3.42. The molecule has 0 fully saturated rings. The van der Waals surface area contributed by atoms with Crippen LogP contribution in [0.4, 0.5) is 5.69 Å². The standard InChI is InChI=1S/C16H17NO2/c1-3-19-16(18)15-11(2)5-4-6-14(15)12-7-9-13(17)10-8-12/h4-10H,3,17H2,1-2H3. The van der Waals surface area contributed by atoms with Crippen molar-refractivity contribution in [3.8, 4) is 11.1 Å². The van der Waals surface area contributed by atoms with E-state index < -0.39 is 0 Å². The minimum absolute atomic E-state index is 0.285. The van der Waals surface area contributed by atoms with Crippen molar-refractivity contribution in [1.82, 2.24) is 0 Å². The molecule has 0 unspecified atom stereocenters.